The van der Waals surface area contributed by atoms with Crippen LogP contribution < -0.4 is 14.8 Å². The van der Waals surface area contributed by atoms with E-state index in [0.29, 0.717) is 32.3 Å². The van der Waals surface area contributed by atoms with Gasteiger partial charge in [0.05, 0.1) is 33.5 Å². The maximum atomic E-state index is 12.4. The summed E-state index contributed by atoms with van der Waals surface area (Å²) in [5, 5.41) is 3.30. The fourth-order valence-electron chi connectivity index (χ4n) is 3.23. The number of rotatable bonds is 11. The molecule has 0 saturated carbocycles. The van der Waals surface area contributed by atoms with Gasteiger partial charge in [-0.15, -0.1) is 24.0 Å². The number of guanidine groups is 1. The van der Waals surface area contributed by atoms with Crippen LogP contribution in [0.2, 0.25) is 0 Å². The SMILES string of the molecule is CCNC(=NCc1ccc(OCC(F)(F)F)c(OC)c1)N1CCC(COCCOC)C1.I. The van der Waals surface area contributed by atoms with Crippen LogP contribution in [0.5, 0.6) is 11.5 Å². The Morgan fingerprint density at radius 2 is 2.00 bits per heavy atom. The number of hydrogen-bond donors (Lipinski definition) is 1. The Morgan fingerprint density at radius 3 is 2.66 bits per heavy atom. The number of aliphatic imine (C=N–C) groups is 1. The highest BCUT2D eigenvalue weighted by Gasteiger charge is 2.29. The van der Waals surface area contributed by atoms with Crippen molar-refractivity contribution in [3.63, 3.8) is 0 Å². The van der Waals surface area contributed by atoms with Crippen molar-refractivity contribution in [2.24, 2.45) is 10.9 Å². The van der Waals surface area contributed by atoms with Crippen LogP contribution in [0.1, 0.15) is 18.9 Å². The smallest absolute Gasteiger partial charge is 0.422 e. The zero-order chi connectivity index (χ0) is 22.7. The van der Waals surface area contributed by atoms with Crippen LogP contribution in [0, 0.1) is 5.92 Å². The summed E-state index contributed by atoms with van der Waals surface area (Å²) in [7, 11) is 3.05. The maximum absolute atomic E-state index is 12.4. The number of hydrogen-bond acceptors (Lipinski definition) is 5. The van der Waals surface area contributed by atoms with Gasteiger partial charge in [0.15, 0.2) is 24.1 Å². The molecule has 0 radical (unpaired) electrons. The molecule has 1 aromatic carbocycles. The number of ether oxygens (including phenoxy) is 4. The molecule has 1 aliphatic heterocycles. The Morgan fingerprint density at radius 1 is 1.22 bits per heavy atom. The largest absolute Gasteiger partial charge is 0.493 e. The van der Waals surface area contributed by atoms with Crippen molar-refractivity contribution in [3.8, 4) is 11.5 Å². The molecular weight excluding hydrogens is 542 g/mol. The van der Waals surface area contributed by atoms with Crippen LogP contribution in [0.4, 0.5) is 13.2 Å². The minimum atomic E-state index is -4.41. The number of likely N-dealkylation sites (tertiary alicyclic amines) is 1. The third-order valence-corrected chi connectivity index (χ3v) is 4.74. The molecule has 1 unspecified atom stereocenters. The van der Waals surface area contributed by atoms with Crippen LogP contribution >= 0.6 is 24.0 Å². The second-order valence-corrected chi connectivity index (χ2v) is 7.23. The average molecular weight is 575 g/mol. The predicted molar refractivity (Wildman–Crippen MR) is 127 cm³/mol. The standard InChI is InChI=1S/C21H32F3N3O4.HI/c1-4-25-20(27-8-7-17(13-27)14-30-10-9-28-2)26-12-16-5-6-18(19(11-16)29-3)31-15-21(22,23)24;/h5-6,11,17H,4,7-10,12-15H2,1-3H3,(H,25,26);1H. The average Bonchev–Trinajstić information content (AvgIpc) is 3.21. The van der Waals surface area contributed by atoms with Gasteiger partial charge in [-0.1, -0.05) is 6.07 Å². The Balaban J connectivity index is 0.00000512. The molecule has 1 N–H and O–H groups in total. The topological polar surface area (TPSA) is 64.6 Å². The highest BCUT2D eigenvalue weighted by molar-refractivity contribution is 14.0. The Hall–Kier alpha value is -1.47. The molecule has 32 heavy (non-hydrogen) atoms. The van der Waals surface area contributed by atoms with Gasteiger partial charge in [0, 0.05) is 32.7 Å². The van der Waals surface area contributed by atoms with E-state index in [1.807, 2.05) is 6.92 Å². The van der Waals surface area contributed by atoms with Gasteiger partial charge < -0.3 is 29.2 Å². The van der Waals surface area contributed by atoms with Crippen LogP contribution in [0.3, 0.4) is 0 Å². The summed E-state index contributed by atoms with van der Waals surface area (Å²) >= 11 is 0. The minimum absolute atomic E-state index is 0. The van der Waals surface area contributed by atoms with Crippen LogP contribution in [-0.2, 0) is 16.0 Å². The normalized spacial score (nSPS) is 16.6. The van der Waals surface area contributed by atoms with E-state index >= 15 is 0 Å². The second kappa shape index (κ2) is 14.6. The molecule has 1 aliphatic rings. The molecule has 0 bridgehead atoms. The van der Waals surface area contributed by atoms with E-state index in [-0.39, 0.29) is 35.5 Å². The van der Waals surface area contributed by atoms with E-state index < -0.39 is 12.8 Å². The summed E-state index contributed by atoms with van der Waals surface area (Å²) in [5.41, 5.74) is 0.810. The molecule has 11 heteroatoms. The van der Waals surface area contributed by atoms with Gasteiger partial charge >= 0.3 is 6.18 Å². The van der Waals surface area contributed by atoms with E-state index in [2.05, 4.69) is 10.2 Å². The first-order chi connectivity index (χ1) is 14.9. The summed E-state index contributed by atoms with van der Waals surface area (Å²) in [5.74, 6) is 1.54. The summed E-state index contributed by atoms with van der Waals surface area (Å²) in [6.45, 7) is 5.35. The van der Waals surface area contributed by atoms with Crippen molar-refractivity contribution < 1.29 is 32.1 Å². The summed E-state index contributed by atoms with van der Waals surface area (Å²) < 4.78 is 57.9. The van der Waals surface area contributed by atoms with Crippen molar-refractivity contribution in [3.05, 3.63) is 23.8 Å². The van der Waals surface area contributed by atoms with Gasteiger partial charge in [-0.05, 0) is 31.0 Å². The number of nitrogens with zero attached hydrogens (tertiary/aromatic N) is 2. The summed E-state index contributed by atoms with van der Waals surface area (Å²) in [6.07, 6.45) is -3.38. The van der Waals surface area contributed by atoms with E-state index in [1.165, 1.54) is 13.2 Å². The number of benzene rings is 1. The van der Waals surface area contributed by atoms with Gasteiger partial charge in [0.2, 0.25) is 0 Å². The number of nitrogens with one attached hydrogen (secondary N) is 1. The molecule has 0 amide bonds. The molecular formula is C21H33F3IN3O4. The molecule has 0 spiro atoms. The lowest BCUT2D eigenvalue weighted by Gasteiger charge is -2.22. The van der Waals surface area contributed by atoms with Gasteiger partial charge in [-0.25, -0.2) is 4.99 Å². The monoisotopic (exact) mass is 575 g/mol. The van der Waals surface area contributed by atoms with Crippen LogP contribution in [0.25, 0.3) is 0 Å². The van der Waals surface area contributed by atoms with Gasteiger partial charge in [-0.3, -0.25) is 0 Å². The molecule has 1 atom stereocenters. The molecule has 0 aromatic heterocycles. The first-order valence-corrected chi connectivity index (χ1v) is 10.3. The Labute approximate surface area is 204 Å². The third-order valence-electron chi connectivity index (χ3n) is 4.74. The molecule has 1 aromatic rings. The van der Waals surface area contributed by atoms with Crippen LogP contribution in [-0.4, -0.2) is 77.3 Å². The lowest BCUT2D eigenvalue weighted by molar-refractivity contribution is -0.153. The molecule has 0 aliphatic carbocycles. The van der Waals surface area contributed by atoms with Gasteiger partial charge in [0.25, 0.3) is 0 Å². The molecule has 7 nitrogen and oxygen atoms in total. The molecule has 2 rings (SSSR count). The van der Waals surface area contributed by atoms with Crippen molar-refractivity contribution in [1.29, 1.82) is 0 Å². The van der Waals surface area contributed by atoms with Crippen molar-refractivity contribution >= 4 is 29.9 Å². The highest BCUT2D eigenvalue weighted by atomic mass is 127. The maximum Gasteiger partial charge on any atom is 0.422 e. The molecule has 1 heterocycles. The van der Waals surface area contributed by atoms with E-state index in [0.717, 1.165) is 37.6 Å². The Kier molecular flexibility index (Phi) is 13.1. The van der Waals surface area contributed by atoms with E-state index in [1.54, 1.807) is 19.2 Å². The minimum Gasteiger partial charge on any atom is -0.493 e. The zero-order valence-corrected chi connectivity index (χ0v) is 21.1. The van der Waals surface area contributed by atoms with Gasteiger partial charge in [0.1, 0.15) is 0 Å². The van der Waals surface area contributed by atoms with E-state index in [9.17, 15) is 13.2 Å². The quantitative estimate of drug-likeness (QED) is 0.188. The number of methoxy groups -OCH3 is 2. The van der Waals surface area contributed by atoms with Gasteiger partial charge in [-0.2, -0.15) is 13.2 Å². The fraction of sp³-hybridized carbons (Fsp3) is 0.667. The first kappa shape index (κ1) is 28.6. The number of alkyl halides is 3. The zero-order valence-electron chi connectivity index (χ0n) is 18.7. The lowest BCUT2D eigenvalue weighted by Crippen LogP contribution is -2.40. The van der Waals surface area contributed by atoms with Crippen molar-refractivity contribution in [2.45, 2.75) is 26.1 Å². The van der Waals surface area contributed by atoms with Crippen LogP contribution in [0.15, 0.2) is 23.2 Å². The van der Waals surface area contributed by atoms with Crippen molar-refractivity contribution in [1.82, 2.24) is 10.2 Å². The molecule has 1 fully saturated rings. The lowest BCUT2D eigenvalue weighted by atomic mass is 10.1. The first-order valence-electron chi connectivity index (χ1n) is 10.3. The summed E-state index contributed by atoms with van der Waals surface area (Å²) in [4.78, 5) is 6.89. The number of halogens is 4. The van der Waals surface area contributed by atoms with E-state index in [4.69, 9.17) is 23.9 Å². The predicted octanol–water partition coefficient (Wildman–Crippen LogP) is 3.70. The van der Waals surface area contributed by atoms with Crippen molar-refractivity contribution in [2.75, 3.05) is 60.3 Å². The Bertz CT molecular complexity index is 707. The molecule has 184 valence electrons. The summed E-state index contributed by atoms with van der Waals surface area (Å²) in [6, 6.07) is 4.82. The third kappa shape index (κ3) is 9.99. The fourth-order valence-corrected chi connectivity index (χ4v) is 3.23. The highest BCUT2D eigenvalue weighted by Crippen LogP contribution is 2.30. The second-order valence-electron chi connectivity index (χ2n) is 7.23. The molecule has 1 saturated heterocycles.